The number of esters is 1. The highest BCUT2D eigenvalue weighted by atomic mass is 79.9. The quantitative estimate of drug-likeness (QED) is 0.342. The summed E-state index contributed by atoms with van der Waals surface area (Å²) in [6.45, 7) is 1.46. The van der Waals surface area contributed by atoms with Gasteiger partial charge in [0.15, 0.2) is 6.10 Å². The van der Waals surface area contributed by atoms with E-state index in [1.165, 1.54) is 25.1 Å². The van der Waals surface area contributed by atoms with Crippen LogP contribution in [0.1, 0.15) is 27.6 Å². The Morgan fingerprint density at radius 2 is 1.78 bits per heavy atom. The SMILES string of the molecule is C[C@@H](OC(=O)c1cccc([N+](=O)[O-])c1)C(=O)c1ccc(Br)cc1. The van der Waals surface area contributed by atoms with Gasteiger partial charge in [0.25, 0.3) is 5.69 Å². The zero-order valence-electron chi connectivity index (χ0n) is 12.1. The van der Waals surface area contributed by atoms with Crippen LogP contribution in [0, 0.1) is 10.1 Å². The van der Waals surface area contributed by atoms with E-state index >= 15 is 0 Å². The zero-order valence-corrected chi connectivity index (χ0v) is 13.6. The van der Waals surface area contributed by atoms with Crippen LogP contribution in [-0.2, 0) is 4.74 Å². The molecule has 0 aromatic heterocycles. The third-order valence-electron chi connectivity index (χ3n) is 3.07. The molecule has 2 aromatic rings. The lowest BCUT2D eigenvalue weighted by molar-refractivity contribution is -0.384. The van der Waals surface area contributed by atoms with E-state index in [0.717, 1.165) is 10.5 Å². The van der Waals surface area contributed by atoms with E-state index in [1.54, 1.807) is 24.3 Å². The van der Waals surface area contributed by atoms with Gasteiger partial charge in [-0.2, -0.15) is 0 Å². The third-order valence-corrected chi connectivity index (χ3v) is 3.60. The number of hydrogen-bond acceptors (Lipinski definition) is 5. The van der Waals surface area contributed by atoms with Crippen LogP contribution in [0.15, 0.2) is 53.0 Å². The number of ether oxygens (including phenoxy) is 1. The van der Waals surface area contributed by atoms with Crippen molar-refractivity contribution in [3.05, 3.63) is 74.2 Å². The number of halogens is 1. The number of hydrogen-bond donors (Lipinski definition) is 0. The molecular weight excluding hydrogens is 366 g/mol. The van der Waals surface area contributed by atoms with E-state index in [4.69, 9.17) is 4.74 Å². The van der Waals surface area contributed by atoms with Gasteiger partial charge in [-0.25, -0.2) is 4.79 Å². The second-order valence-corrected chi connectivity index (χ2v) is 5.64. The third kappa shape index (κ3) is 4.23. The Labute approximate surface area is 140 Å². The van der Waals surface area contributed by atoms with Crippen molar-refractivity contribution in [2.45, 2.75) is 13.0 Å². The van der Waals surface area contributed by atoms with Gasteiger partial charge in [-0.1, -0.05) is 34.1 Å². The summed E-state index contributed by atoms with van der Waals surface area (Å²) in [6.07, 6.45) is -0.997. The maximum Gasteiger partial charge on any atom is 0.339 e. The molecule has 0 saturated heterocycles. The summed E-state index contributed by atoms with van der Waals surface area (Å²) in [4.78, 5) is 34.3. The predicted octanol–water partition coefficient (Wildman–Crippen LogP) is 3.79. The zero-order chi connectivity index (χ0) is 17.0. The van der Waals surface area contributed by atoms with Gasteiger partial charge in [-0.15, -0.1) is 0 Å². The number of benzene rings is 2. The minimum Gasteiger partial charge on any atom is -0.451 e. The maximum atomic E-state index is 12.2. The van der Waals surface area contributed by atoms with Crippen molar-refractivity contribution in [3.63, 3.8) is 0 Å². The van der Waals surface area contributed by atoms with Crippen molar-refractivity contribution in [1.29, 1.82) is 0 Å². The molecule has 0 radical (unpaired) electrons. The van der Waals surface area contributed by atoms with Crippen LogP contribution in [0.5, 0.6) is 0 Å². The molecule has 0 heterocycles. The summed E-state index contributed by atoms with van der Waals surface area (Å²) in [5.41, 5.74) is 0.216. The average Bonchev–Trinajstić information content (AvgIpc) is 2.54. The summed E-state index contributed by atoms with van der Waals surface area (Å²) in [7, 11) is 0. The first-order chi connectivity index (χ1) is 10.9. The van der Waals surface area contributed by atoms with Crippen molar-refractivity contribution in [2.24, 2.45) is 0 Å². The number of nitro groups is 1. The molecule has 0 aliphatic rings. The Kier molecular flexibility index (Phi) is 5.23. The van der Waals surface area contributed by atoms with E-state index in [1.807, 2.05) is 0 Å². The fourth-order valence-corrected chi connectivity index (χ4v) is 2.14. The topological polar surface area (TPSA) is 86.5 Å². The van der Waals surface area contributed by atoms with Gasteiger partial charge in [0.05, 0.1) is 10.5 Å². The van der Waals surface area contributed by atoms with Gasteiger partial charge < -0.3 is 4.74 Å². The van der Waals surface area contributed by atoms with E-state index in [-0.39, 0.29) is 17.0 Å². The summed E-state index contributed by atoms with van der Waals surface area (Å²) >= 11 is 3.27. The summed E-state index contributed by atoms with van der Waals surface area (Å²) in [5, 5.41) is 10.7. The number of carbonyl (C=O) groups excluding carboxylic acids is 2. The standard InChI is InChI=1S/C16H12BrNO5/c1-10(15(19)11-5-7-13(17)8-6-11)23-16(20)12-3-2-4-14(9-12)18(21)22/h2-10H,1H3/t10-/m1/s1. The molecule has 2 aromatic carbocycles. The van der Waals surface area contributed by atoms with Gasteiger partial charge in [0.1, 0.15) is 0 Å². The number of ketones is 1. The molecule has 0 amide bonds. The second kappa shape index (κ2) is 7.15. The fraction of sp³-hybridized carbons (Fsp3) is 0.125. The van der Waals surface area contributed by atoms with Crippen LogP contribution in [0.3, 0.4) is 0 Å². The monoisotopic (exact) mass is 377 g/mol. The molecule has 0 aliphatic heterocycles. The predicted molar refractivity (Wildman–Crippen MR) is 86.4 cm³/mol. The molecule has 0 saturated carbocycles. The van der Waals surface area contributed by atoms with Crippen LogP contribution in [0.2, 0.25) is 0 Å². The number of rotatable bonds is 5. The van der Waals surface area contributed by atoms with Crippen LogP contribution in [0.4, 0.5) is 5.69 Å². The average molecular weight is 378 g/mol. The number of carbonyl (C=O) groups is 2. The highest BCUT2D eigenvalue weighted by Gasteiger charge is 2.21. The second-order valence-electron chi connectivity index (χ2n) is 4.73. The van der Waals surface area contributed by atoms with Crippen LogP contribution in [0.25, 0.3) is 0 Å². The molecule has 0 spiro atoms. The van der Waals surface area contributed by atoms with Gasteiger partial charge in [-0.05, 0) is 25.1 Å². The molecule has 0 N–H and O–H groups in total. The summed E-state index contributed by atoms with van der Waals surface area (Å²) in [5.74, 6) is -1.14. The number of Topliss-reactive ketones (excluding diaryl/α,β-unsaturated/α-hetero) is 1. The normalized spacial score (nSPS) is 11.6. The number of non-ortho nitro benzene ring substituents is 1. The minimum atomic E-state index is -0.997. The Morgan fingerprint density at radius 3 is 2.39 bits per heavy atom. The first kappa shape index (κ1) is 16.8. The molecule has 1 atom stereocenters. The highest BCUT2D eigenvalue weighted by Crippen LogP contribution is 2.16. The van der Waals surface area contributed by atoms with Gasteiger partial charge in [0.2, 0.25) is 5.78 Å². The van der Waals surface area contributed by atoms with Crippen molar-refractivity contribution >= 4 is 33.4 Å². The van der Waals surface area contributed by atoms with E-state index in [2.05, 4.69) is 15.9 Å². The number of nitrogens with zero attached hydrogens (tertiary/aromatic N) is 1. The minimum absolute atomic E-state index is 0.0228. The number of nitro benzene ring substituents is 1. The summed E-state index contributed by atoms with van der Waals surface area (Å²) < 4.78 is 5.92. The van der Waals surface area contributed by atoms with Gasteiger partial charge in [-0.3, -0.25) is 14.9 Å². The fourth-order valence-electron chi connectivity index (χ4n) is 1.88. The molecule has 6 nitrogen and oxygen atoms in total. The molecule has 0 bridgehead atoms. The molecule has 0 fully saturated rings. The Morgan fingerprint density at radius 1 is 1.13 bits per heavy atom. The van der Waals surface area contributed by atoms with Crippen molar-refractivity contribution in [2.75, 3.05) is 0 Å². The maximum absolute atomic E-state index is 12.2. The molecule has 7 heteroatoms. The van der Waals surface area contributed by atoms with E-state index < -0.39 is 17.0 Å². The van der Waals surface area contributed by atoms with Crippen molar-refractivity contribution < 1.29 is 19.2 Å². The van der Waals surface area contributed by atoms with Crippen LogP contribution < -0.4 is 0 Å². The van der Waals surface area contributed by atoms with Gasteiger partial charge in [0, 0.05) is 22.2 Å². The first-order valence-electron chi connectivity index (χ1n) is 6.63. The smallest absolute Gasteiger partial charge is 0.339 e. The lowest BCUT2D eigenvalue weighted by Crippen LogP contribution is -2.24. The Balaban J connectivity index is 2.10. The molecule has 2 rings (SSSR count). The first-order valence-corrected chi connectivity index (χ1v) is 7.43. The molecular formula is C16H12BrNO5. The van der Waals surface area contributed by atoms with Crippen molar-refractivity contribution in [1.82, 2.24) is 0 Å². The largest absolute Gasteiger partial charge is 0.451 e. The summed E-state index contributed by atoms with van der Waals surface area (Å²) in [6, 6.07) is 11.8. The van der Waals surface area contributed by atoms with Gasteiger partial charge >= 0.3 is 5.97 Å². The van der Waals surface area contributed by atoms with E-state index in [0.29, 0.717) is 5.56 Å². The highest BCUT2D eigenvalue weighted by molar-refractivity contribution is 9.10. The molecule has 118 valence electrons. The molecule has 0 aliphatic carbocycles. The van der Waals surface area contributed by atoms with Crippen LogP contribution in [-0.4, -0.2) is 22.8 Å². The Hall–Kier alpha value is -2.54. The Bertz CT molecular complexity index is 757. The van der Waals surface area contributed by atoms with E-state index in [9.17, 15) is 19.7 Å². The molecule has 0 unspecified atom stereocenters. The molecule has 23 heavy (non-hydrogen) atoms. The lowest BCUT2D eigenvalue weighted by Gasteiger charge is -2.12. The van der Waals surface area contributed by atoms with Crippen LogP contribution >= 0.6 is 15.9 Å². The van der Waals surface area contributed by atoms with Crippen molar-refractivity contribution in [3.8, 4) is 0 Å². The lowest BCUT2D eigenvalue weighted by atomic mass is 10.1.